The summed E-state index contributed by atoms with van der Waals surface area (Å²) in [4.78, 5) is 23.9. The molecule has 0 aliphatic carbocycles. The van der Waals surface area contributed by atoms with E-state index >= 15 is 0 Å². The van der Waals surface area contributed by atoms with E-state index in [-0.39, 0.29) is 18.2 Å². The minimum atomic E-state index is -0.454. The lowest BCUT2D eigenvalue weighted by Crippen LogP contribution is -2.34. The van der Waals surface area contributed by atoms with Crippen LogP contribution in [0, 0.1) is 10.1 Å². The van der Waals surface area contributed by atoms with Crippen LogP contribution < -0.4 is 10.1 Å². The first kappa shape index (κ1) is 16.9. The number of hydrogen-bond acceptors (Lipinski definition) is 5. The molecule has 0 aromatic heterocycles. The average molecular weight is 295 g/mol. The van der Waals surface area contributed by atoms with Crippen molar-refractivity contribution < 1.29 is 14.5 Å². The number of carbonyl (C=O) groups is 1. The molecule has 1 aromatic carbocycles. The fraction of sp³-hybridized carbons (Fsp3) is 0.500. The summed E-state index contributed by atoms with van der Waals surface area (Å²) in [5.74, 6) is 0.379. The summed E-state index contributed by atoms with van der Waals surface area (Å²) in [7, 11) is 1.74. The first-order chi connectivity index (χ1) is 10.0. The number of hydrogen-bond donors (Lipinski definition) is 1. The highest BCUT2D eigenvalue weighted by atomic mass is 16.6. The molecule has 1 N–H and O–H groups in total. The Labute approximate surface area is 124 Å². The second kappa shape index (κ2) is 8.21. The lowest BCUT2D eigenvalue weighted by molar-refractivity contribution is -0.384. The van der Waals surface area contributed by atoms with Gasteiger partial charge in [0.05, 0.1) is 4.92 Å². The van der Waals surface area contributed by atoms with Crippen LogP contribution in [0.4, 0.5) is 5.69 Å². The molecule has 0 bridgehead atoms. The molecular formula is C14H21N3O4. The highest BCUT2D eigenvalue weighted by Crippen LogP contribution is 2.24. The fourth-order valence-electron chi connectivity index (χ4n) is 1.96. The lowest BCUT2D eigenvalue weighted by atomic mass is 10.1. The van der Waals surface area contributed by atoms with E-state index < -0.39 is 4.92 Å². The van der Waals surface area contributed by atoms with Gasteiger partial charge < -0.3 is 15.0 Å². The molecule has 0 saturated carbocycles. The van der Waals surface area contributed by atoms with Crippen molar-refractivity contribution >= 4 is 11.6 Å². The van der Waals surface area contributed by atoms with Gasteiger partial charge in [-0.15, -0.1) is 0 Å². The van der Waals surface area contributed by atoms with Crippen LogP contribution in [-0.2, 0) is 11.3 Å². The Balaban J connectivity index is 2.82. The normalized spacial score (nSPS) is 10.2. The molecule has 0 heterocycles. The van der Waals surface area contributed by atoms with Crippen molar-refractivity contribution in [3.05, 3.63) is 33.9 Å². The molecule has 0 atom stereocenters. The number of carbonyl (C=O) groups excluding carboxylic acids is 1. The van der Waals surface area contributed by atoms with Gasteiger partial charge in [-0.3, -0.25) is 14.9 Å². The molecule has 1 amide bonds. The summed E-state index contributed by atoms with van der Waals surface area (Å²) in [6, 6.07) is 4.35. The van der Waals surface area contributed by atoms with E-state index in [0.717, 1.165) is 0 Å². The van der Waals surface area contributed by atoms with E-state index in [1.165, 1.54) is 18.2 Å². The summed E-state index contributed by atoms with van der Waals surface area (Å²) in [5.41, 5.74) is 0.654. The van der Waals surface area contributed by atoms with Crippen LogP contribution in [0.1, 0.15) is 19.4 Å². The standard InChI is InChI=1S/C14H21N3O4/c1-4-16(5-2)14(18)10-21-13-7-6-12(17(19)20)8-11(13)9-15-3/h6-8,15H,4-5,9-10H2,1-3H3. The third-order valence-electron chi connectivity index (χ3n) is 3.09. The number of amides is 1. The third kappa shape index (κ3) is 4.71. The molecule has 0 fully saturated rings. The van der Waals surface area contributed by atoms with Crippen LogP contribution in [-0.4, -0.2) is 42.5 Å². The SMILES string of the molecule is CCN(CC)C(=O)COc1ccc([N+](=O)[O-])cc1CNC. The van der Waals surface area contributed by atoms with Crippen molar-refractivity contribution in [2.75, 3.05) is 26.7 Å². The molecular weight excluding hydrogens is 274 g/mol. The number of ether oxygens (including phenoxy) is 1. The van der Waals surface area contributed by atoms with Gasteiger partial charge in [0, 0.05) is 37.3 Å². The Morgan fingerprint density at radius 2 is 2.05 bits per heavy atom. The van der Waals surface area contributed by atoms with Crippen LogP contribution in [0.5, 0.6) is 5.75 Å². The van der Waals surface area contributed by atoms with Crippen molar-refractivity contribution in [2.45, 2.75) is 20.4 Å². The largest absolute Gasteiger partial charge is 0.483 e. The number of nitro groups is 1. The predicted octanol–water partition coefficient (Wildman–Crippen LogP) is 1.56. The summed E-state index contributed by atoms with van der Waals surface area (Å²) in [5, 5.41) is 13.7. The van der Waals surface area contributed by atoms with Crippen LogP contribution in [0.2, 0.25) is 0 Å². The second-order valence-electron chi connectivity index (χ2n) is 4.43. The molecule has 0 unspecified atom stereocenters. The van der Waals surface area contributed by atoms with Crippen LogP contribution >= 0.6 is 0 Å². The van der Waals surface area contributed by atoms with Gasteiger partial charge in [-0.2, -0.15) is 0 Å². The number of nitrogens with one attached hydrogen (secondary N) is 1. The summed E-state index contributed by atoms with van der Waals surface area (Å²) < 4.78 is 5.52. The van der Waals surface area contributed by atoms with Crippen LogP contribution in [0.25, 0.3) is 0 Å². The van der Waals surface area contributed by atoms with Gasteiger partial charge in [-0.1, -0.05) is 0 Å². The van der Waals surface area contributed by atoms with Gasteiger partial charge in [-0.05, 0) is 27.0 Å². The monoisotopic (exact) mass is 295 g/mol. The van der Waals surface area contributed by atoms with Crippen molar-refractivity contribution in [3.63, 3.8) is 0 Å². The van der Waals surface area contributed by atoms with Gasteiger partial charge in [0.25, 0.3) is 11.6 Å². The first-order valence-corrected chi connectivity index (χ1v) is 6.85. The number of likely N-dealkylation sites (N-methyl/N-ethyl adjacent to an activating group) is 1. The maximum absolute atomic E-state index is 11.9. The predicted molar refractivity (Wildman–Crippen MR) is 79.3 cm³/mol. The Morgan fingerprint density at radius 1 is 1.38 bits per heavy atom. The van der Waals surface area contributed by atoms with E-state index in [0.29, 0.717) is 30.9 Å². The lowest BCUT2D eigenvalue weighted by Gasteiger charge is -2.19. The molecule has 0 radical (unpaired) electrons. The molecule has 1 rings (SSSR count). The van der Waals surface area contributed by atoms with Gasteiger partial charge in [-0.25, -0.2) is 0 Å². The number of nitro benzene ring substituents is 1. The maximum atomic E-state index is 11.9. The molecule has 1 aromatic rings. The topological polar surface area (TPSA) is 84.7 Å². The Bertz CT molecular complexity index is 501. The number of nitrogens with zero attached hydrogens (tertiary/aromatic N) is 2. The van der Waals surface area contributed by atoms with Crippen LogP contribution in [0.15, 0.2) is 18.2 Å². The maximum Gasteiger partial charge on any atom is 0.270 e. The minimum Gasteiger partial charge on any atom is -0.483 e. The summed E-state index contributed by atoms with van der Waals surface area (Å²) in [6.07, 6.45) is 0. The fourth-order valence-corrected chi connectivity index (χ4v) is 1.96. The highest BCUT2D eigenvalue weighted by Gasteiger charge is 2.14. The zero-order valence-corrected chi connectivity index (χ0v) is 12.6. The smallest absolute Gasteiger partial charge is 0.270 e. The van der Waals surface area contributed by atoms with E-state index in [4.69, 9.17) is 4.74 Å². The first-order valence-electron chi connectivity index (χ1n) is 6.85. The highest BCUT2D eigenvalue weighted by molar-refractivity contribution is 5.77. The third-order valence-corrected chi connectivity index (χ3v) is 3.09. The molecule has 21 heavy (non-hydrogen) atoms. The van der Waals surface area contributed by atoms with Crippen molar-refractivity contribution in [1.82, 2.24) is 10.2 Å². The Morgan fingerprint density at radius 3 is 2.57 bits per heavy atom. The molecule has 0 aliphatic heterocycles. The van der Waals surface area contributed by atoms with E-state index in [1.807, 2.05) is 13.8 Å². The van der Waals surface area contributed by atoms with Gasteiger partial charge in [0.1, 0.15) is 5.75 Å². The van der Waals surface area contributed by atoms with Crippen molar-refractivity contribution in [1.29, 1.82) is 0 Å². The Hall–Kier alpha value is -2.15. The van der Waals surface area contributed by atoms with Gasteiger partial charge >= 0.3 is 0 Å². The van der Waals surface area contributed by atoms with Gasteiger partial charge in [0.2, 0.25) is 0 Å². The molecule has 0 saturated heterocycles. The zero-order chi connectivity index (χ0) is 15.8. The van der Waals surface area contributed by atoms with E-state index in [9.17, 15) is 14.9 Å². The molecule has 7 heteroatoms. The van der Waals surface area contributed by atoms with Crippen molar-refractivity contribution in [2.24, 2.45) is 0 Å². The van der Waals surface area contributed by atoms with E-state index in [1.54, 1.807) is 11.9 Å². The average Bonchev–Trinajstić information content (AvgIpc) is 2.47. The quantitative estimate of drug-likeness (QED) is 0.581. The summed E-state index contributed by atoms with van der Waals surface area (Å²) >= 11 is 0. The Kier molecular flexibility index (Phi) is 6.61. The van der Waals surface area contributed by atoms with Crippen molar-refractivity contribution in [3.8, 4) is 5.75 Å². The molecule has 7 nitrogen and oxygen atoms in total. The van der Waals surface area contributed by atoms with Gasteiger partial charge in [0.15, 0.2) is 6.61 Å². The second-order valence-corrected chi connectivity index (χ2v) is 4.43. The number of non-ortho nitro benzene ring substituents is 1. The van der Waals surface area contributed by atoms with E-state index in [2.05, 4.69) is 5.32 Å². The molecule has 116 valence electrons. The summed E-state index contributed by atoms with van der Waals surface area (Å²) in [6.45, 7) is 5.41. The molecule has 0 spiro atoms. The minimum absolute atomic E-state index is 0.00247. The number of benzene rings is 1. The molecule has 0 aliphatic rings. The number of rotatable bonds is 8. The zero-order valence-electron chi connectivity index (χ0n) is 12.6. The van der Waals surface area contributed by atoms with Crippen LogP contribution in [0.3, 0.4) is 0 Å².